The molecule has 0 fully saturated rings. The summed E-state index contributed by atoms with van der Waals surface area (Å²) in [4.78, 5) is 11.1. The standard InChI is InChI=1S/C15H24O/c1-5-6-7-12(2)14-10-15(3,4)9-8-13(14)11-16/h11H,2,5-10H2,1,3-4H3. The summed E-state index contributed by atoms with van der Waals surface area (Å²) in [6.45, 7) is 10.9. The molecule has 0 saturated carbocycles. The Hall–Kier alpha value is -0.850. The first-order chi connectivity index (χ1) is 7.50. The molecule has 0 aromatic heterocycles. The summed E-state index contributed by atoms with van der Waals surface area (Å²) < 4.78 is 0. The van der Waals surface area contributed by atoms with Crippen LogP contribution in [0.15, 0.2) is 23.3 Å². The van der Waals surface area contributed by atoms with Crippen molar-refractivity contribution < 1.29 is 4.79 Å². The van der Waals surface area contributed by atoms with E-state index in [2.05, 4.69) is 27.4 Å². The van der Waals surface area contributed by atoms with Crippen LogP contribution in [0.2, 0.25) is 0 Å². The van der Waals surface area contributed by atoms with Gasteiger partial charge in [-0.05, 0) is 48.7 Å². The van der Waals surface area contributed by atoms with Crippen LogP contribution in [-0.4, -0.2) is 6.29 Å². The molecule has 0 radical (unpaired) electrons. The van der Waals surface area contributed by atoms with Gasteiger partial charge in [0.2, 0.25) is 0 Å². The highest BCUT2D eigenvalue weighted by Crippen LogP contribution is 2.41. The SMILES string of the molecule is C=C(CCCC)C1=C(C=O)CCC(C)(C)C1. The number of hydrogen-bond donors (Lipinski definition) is 0. The van der Waals surface area contributed by atoms with Gasteiger partial charge in [0, 0.05) is 0 Å². The van der Waals surface area contributed by atoms with Crippen LogP contribution < -0.4 is 0 Å². The van der Waals surface area contributed by atoms with Crippen molar-refractivity contribution in [2.75, 3.05) is 0 Å². The molecule has 1 nitrogen and oxygen atoms in total. The Balaban J connectivity index is 2.83. The highest BCUT2D eigenvalue weighted by atomic mass is 16.1. The smallest absolute Gasteiger partial charge is 0.146 e. The van der Waals surface area contributed by atoms with Crippen molar-refractivity contribution in [1.29, 1.82) is 0 Å². The van der Waals surface area contributed by atoms with E-state index in [1.54, 1.807) is 0 Å². The summed E-state index contributed by atoms with van der Waals surface area (Å²) >= 11 is 0. The number of carbonyl (C=O) groups excluding carboxylic acids is 1. The summed E-state index contributed by atoms with van der Waals surface area (Å²) in [5.74, 6) is 0. The molecular weight excluding hydrogens is 196 g/mol. The van der Waals surface area contributed by atoms with E-state index in [-0.39, 0.29) is 0 Å². The Morgan fingerprint density at radius 3 is 2.75 bits per heavy atom. The van der Waals surface area contributed by atoms with E-state index in [1.807, 2.05) is 0 Å². The third-order valence-electron chi connectivity index (χ3n) is 3.52. The van der Waals surface area contributed by atoms with Gasteiger partial charge in [0.25, 0.3) is 0 Å². The quantitative estimate of drug-likeness (QED) is 0.626. The lowest BCUT2D eigenvalue weighted by Crippen LogP contribution is -2.19. The first kappa shape index (κ1) is 13.2. The largest absolute Gasteiger partial charge is 0.298 e. The predicted octanol–water partition coefficient (Wildman–Crippen LogP) is 4.44. The lowest BCUT2D eigenvalue weighted by molar-refractivity contribution is -0.105. The van der Waals surface area contributed by atoms with Gasteiger partial charge < -0.3 is 0 Å². The van der Waals surface area contributed by atoms with Gasteiger partial charge in [-0.15, -0.1) is 0 Å². The molecule has 0 heterocycles. The van der Waals surface area contributed by atoms with Gasteiger partial charge in [-0.2, -0.15) is 0 Å². The Morgan fingerprint density at radius 2 is 2.19 bits per heavy atom. The lowest BCUT2D eigenvalue weighted by Gasteiger charge is -2.32. The molecule has 1 aliphatic carbocycles. The number of aldehydes is 1. The van der Waals surface area contributed by atoms with E-state index in [4.69, 9.17) is 0 Å². The second-order valence-electron chi connectivity index (χ2n) is 5.67. The molecule has 1 rings (SSSR count). The maximum Gasteiger partial charge on any atom is 0.146 e. The molecule has 1 heteroatoms. The van der Waals surface area contributed by atoms with Crippen LogP contribution in [0.1, 0.15) is 59.3 Å². The fraction of sp³-hybridized carbons (Fsp3) is 0.667. The molecule has 90 valence electrons. The highest BCUT2D eigenvalue weighted by Gasteiger charge is 2.27. The van der Waals surface area contributed by atoms with E-state index in [9.17, 15) is 4.79 Å². The second kappa shape index (κ2) is 5.47. The van der Waals surface area contributed by atoms with Crippen molar-refractivity contribution >= 4 is 6.29 Å². The molecular formula is C15H24O. The fourth-order valence-corrected chi connectivity index (χ4v) is 2.33. The first-order valence-corrected chi connectivity index (χ1v) is 6.35. The van der Waals surface area contributed by atoms with E-state index < -0.39 is 0 Å². The van der Waals surface area contributed by atoms with Gasteiger partial charge >= 0.3 is 0 Å². The minimum absolute atomic E-state index is 0.330. The molecule has 16 heavy (non-hydrogen) atoms. The van der Waals surface area contributed by atoms with Crippen LogP contribution in [0.3, 0.4) is 0 Å². The third-order valence-corrected chi connectivity index (χ3v) is 3.52. The van der Waals surface area contributed by atoms with E-state index in [0.29, 0.717) is 5.41 Å². The summed E-state index contributed by atoms with van der Waals surface area (Å²) in [6.07, 6.45) is 7.51. The van der Waals surface area contributed by atoms with E-state index in [0.717, 1.165) is 37.5 Å². The minimum Gasteiger partial charge on any atom is -0.298 e. The van der Waals surface area contributed by atoms with Crippen molar-refractivity contribution in [3.63, 3.8) is 0 Å². The van der Waals surface area contributed by atoms with Gasteiger partial charge in [-0.25, -0.2) is 0 Å². The van der Waals surface area contributed by atoms with Gasteiger partial charge in [-0.1, -0.05) is 39.3 Å². The van der Waals surface area contributed by atoms with Crippen LogP contribution in [0.25, 0.3) is 0 Å². The molecule has 0 spiro atoms. The summed E-state index contributed by atoms with van der Waals surface area (Å²) in [7, 11) is 0. The lowest BCUT2D eigenvalue weighted by atomic mass is 9.72. The molecule has 0 aromatic rings. The predicted molar refractivity (Wildman–Crippen MR) is 69.4 cm³/mol. The molecule has 0 amide bonds. The molecule has 0 aliphatic heterocycles. The maximum atomic E-state index is 11.1. The molecule has 0 aromatic carbocycles. The number of carbonyl (C=O) groups is 1. The van der Waals surface area contributed by atoms with Crippen LogP contribution >= 0.6 is 0 Å². The zero-order valence-electron chi connectivity index (χ0n) is 10.9. The molecule has 0 N–H and O–H groups in total. The molecule has 1 aliphatic rings. The first-order valence-electron chi connectivity index (χ1n) is 6.35. The van der Waals surface area contributed by atoms with Crippen LogP contribution in [0, 0.1) is 5.41 Å². The topological polar surface area (TPSA) is 17.1 Å². The average Bonchev–Trinajstić information content (AvgIpc) is 2.24. The normalized spacial score (nSPS) is 19.7. The highest BCUT2D eigenvalue weighted by molar-refractivity contribution is 5.76. The van der Waals surface area contributed by atoms with Gasteiger partial charge in [0.1, 0.15) is 6.29 Å². The van der Waals surface area contributed by atoms with Crippen molar-refractivity contribution in [2.45, 2.75) is 59.3 Å². The van der Waals surface area contributed by atoms with Gasteiger partial charge in [0.15, 0.2) is 0 Å². The Bertz CT molecular complexity index is 307. The molecule has 0 atom stereocenters. The van der Waals surface area contributed by atoms with Crippen LogP contribution in [0.4, 0.5) is 0 Å². The number of rotatable bonds is 5. The van der Waals surface area contributed by atoms with Gasteiger partial charge in [-0.3, -0.25) is 4.79 Å². The van der Waals surface area contributed by atoms with Crippen molar-refractivity contribution in [3.8, 4) is 0 Å². The summed E-state index contributed by atoms with van der Waals surface area (Å²) in [5, 5.41) is 0. The van der Waals surface area contributed by atoms with E-state index >= 15 is 0 Å². The molecule has 0 saturated heterocycles. The fourth-order valence-electron chi connectivity index (χ4n) is 2.33. The monoisotopic (exact) mass is 220 g/mol. The Labute approximate surface area is 99.6 Å². The number of allylic oxidation sites excluding steroid dienone is 3. The number of unbranched alkanes of at least 4 members (excludes halogenated alkanes) is 1. The maximum absolute atomic E-state index is 11.1. The third kappa shape index (κ3) is 3.33. The van der Waals surface area contributed by atoms with E-state index in [1.165, 1.54) is 24.0 Å². The molecule has 0 unspecified atom stereocenters. The zero-order valence-corrected chi connectivity index (χ0v) is 10.9. The second-order valence-corrected chi connectivity index (χ2v) is 5.67. The van der Waals surface area contributed by atoms with Gasteiger partial charge in [0.05, 0.1) is 0 Å². The van der Waals surface area contributed by atoms with Crippen LogP contribution in [-0.2, 0) is 4.79 Å². The molecule has 0 bridgehead atoms. The van der Waals surface area contributed by atoms with Crippen molar-refractivity contribution in [3.05, 3.63) is 23.3 Å². The minimum atomic E-state index is 0.330. The average molecular weight is 220 g/mol. The number of hydrogen-bond acceptors (Lipinski definition) is 1. The van der Waals surface area contributed by atoms with Crippen molar-refractivity contribution in [2.24, 2.45) is 5.41 Å². The van der Waals surface area contributed by atoms with Crippen LogP contribution in [0.5, 0.6) is 0 Å². The Kier molecular flexibility index (Phi) is 4.52. The Morgan fingerprint density at radius 1 is 1.50 bits per heavy atom. The van der Waals surface area contributed by atoms with Crippen molar-refractivity contribution in [1.82, 2.24) is 0 Å². The summed E-state index contributed by atoms with van der Waals surface area (Å²) in [5.41, 5.74) is 3.77. The zero-order chi connectivity index (χ0) is 12.2. The summed E-state index contributed by atoms with van der Waals surface area (Å²) in [6, 6.07) is 0.